The van der Waals surface area contributed by atoms with Crippen LogP contribution in [0.2, 0.25) is 0 Å². The van der Waals surface area contributed by atoms with Crippen LogP contribution in [0.3, 0.4) is 0 Å². The maximum absolute atomic E-state index is 12.4. The first-order valence-corrected chi connectivity index (χ1v) is 9.04. The Bertz CT molecular complexity index is 809. The predicted octanol–water partition coefficient (Wildman–Crippen LogP) is 5.31. The summed E-state index contributed by atoms with van der Waals surface area (Å²) in [4.78, 5) is 14.6. The third-order valence-electron chi connectivity index (χ3n) is 3.85. The van der Waals surface area contributed by atoms with Crippen LogP contribution in [0.5, 0.6) is 0 Å². The minimum atomic E-state index is -4.32. The zero-order valence-electron chi connectivity index (χ0n) is 13.2. The zero-order chi connectivity index (χ0) is 18.2. The van der Waals surface area contributed by atoms with E-state index in [2.05, 4.69) is 26.1 Å². The Morgan fingerprint density at radius 3 is 2.56 bits per heavy atom. The van der Waals surface area contributed by atoms with Gasteiger partial charge in [0, 0.05) is 34.2 Å². The number of alkyl halides is 3. The molecule has 0 radical (unpaired) electrons. The number of thioether (sulfide) groups is 1. The molecular formula is C17H14BrF3N2OS. The predicted molar refractivity (Wildman–Crippen MR) is 97.4 cm³/mol. The summed E-state index contributed by atoms with van der Waals surface area (Å²) >= 11 is 3.32. The van der Waals surface area contributed by atoms with E-state index in [4.69, 9.17) is 0 Å². The van der Waals surface area contributed by atoms with E-state index >= 15 is 0 Å². The topological polar surface area (TPSA) is 32.3 Å². The molecule has 1 aliphatic rings. The van der Waals surface area contributed by atoms with E-state index in [1.165, 1.54) is 24.3 Å². The molecule has 0 aromatic heterocycles. The second kappa shape index (κ2) is 6.92. The largest absolute Gasteiger partial charge is 0.446 e. The summed E-state index contributed by atoms with van der Waals surface area (Å²) in [6.45, 7) is 0.900. The van der Waals surface area contributed by atoms with Crippen molar-refractivity contribution < 1.29 is 18.0 Å². The Labute approximate surface area is 155 Å². The number of carbonyl (C=O) groups is 1. The first-order chi connectivity index (χ1) is 11.7. The van der Waals surface area contributed by atoms with Crippen molar-refractivity contribution in [3.05, 3.63) is 52.0 Å². The van der Waals surface area contributed by atoms with Gasteiger partial charge in [0.2, 0.25) is 0 Å². The average molecular weight is 431 g/mol. The van der Waals surface area contributed by atoms with Gasteiger partial charge in [0.25, 0.3) is 5.91 Å². The molecule has 0 spiro atoms. The average Bonchev–Trinajstić information content (AvgIpc) is 2.89. The Kier molecular flexibility index (Phi) is 5.02. The number of fused-ring (bicyclic) bond motifs is 1. The lowest BCUT2D eigenvalue weighted by molar-refractivity contribution is -0.0328. The number of nitrogens with zero attached hydrogens (tertiary/aromatic N) is 1. The molecule has 0 saturated carbocycles. The van der Waals surface area contributed by atoms with Gasteiger partial charge in [0.05, 0.1) is 5.69 Å². The zero-order valence-corrected chi connectivity index (χ0v) is 15.6. The minimum Gasteiger partial charge on any atom is -0.373 e. The first-order valence-electron chi connectivity index (χ1n) is 7.43. The van der Waals surface area contributed by atoms with E-state index in [1.54, 1.807) is 6.07 Å². The highest BCUT2D eigenvalue weighted by Gasteiger charge is 2.29. The Morgan fingerprint density at radius 1 is 1.24 bits per heavy atom. The van der Waals surface area contributed by atoms with Crippen LogP contribution < -0.4 is 10.2 Å². The van der Waals surface area contributed by atoms with E-state index in [-0.39, 0.29) is 22.6 Å². The molecule has 1 amide bonds. The number of hydrogen-bond acceptors (Lipinski definition) is 3. The van der Waals surface area contributed by atoms with E-state index in [1.807, 2.05) is 13.1 Å². The third kappa shape index (κ3) is 4.30. The van der Waals surface area contributed by atoms with E-state index in [0.717, 1.165) is 28.7 Å². The van der Waals surface area contributed by atoms with Crippen LogP contribution in [-0.2, 0) is 6.42 Å². The molecule has 1 heterocycles. The van der Waals surface area contributed by atoms with Crippen molar-refractivity contribution in [1.29, 1.82) is 0 Å². The summed E-state index contributed by atoms with van der Waals surface area (Å²) in [6.07, 6.45) is 0.870. The van der Waals surface area contributed by atoms with Gasteiger partial charge in [0.1, 0.15) is 0 Å². The van der Waals surface area contributed by atoms with Crippen molar-refractivity contribution in [2.24, 2.45) is 0 Å². The molecule has 3 nitrogen and oxygen atoms in total. The maximum Gasteiger partial charge on any atom is 0.446 e. The number of carbonyl (C=O) groups excluding carboxylic acids is 1. The molecule has 0 atom stereocenters. The van der Waals surface area contributed by atoms with Gasteiger partial charge < -0.3 is 10.2 Å². The minimum absolute atomic E-state index is 0.0776. The number of anilines is 2. The van der Waals surface area contributed by atoms with Gasteiger partial charge in [0.15, 0.2) is 0 Å². The van der Waals surface area contributed by atoms with E-state index < -0.39 is 5.51 Å². The Hall–Kier alpha value is -1.67. The van der Waals surface area contributed by atoms with Crippen LogP contribution in [0.1, 0.15) is 15.9 Å². The fraction of sp³-hybridized carbons (Fsp3) is 0.235. The molecule has 0 saturated heterocycles. The first kappa shape index (κ1) is 18.1. The van der Waals surface area contributed by atoms with Crippen LogP contribution in [0.4, 0.5) is 24.5 Å². The van der Waals surface area contributed by atoms with Gasteiger partial charge in [-0.2, -0.15) is 13.2 Å². The van der Waals surface area contributed by atoms with Gasteiger partial charge in [-0.1, -0.05) is 0 Å². The molecule has 1 N–H and O–H groups in total. The van der Waals surface area contributed by atoms with Crippen LogP contribution in [0.15, 0.2) is 45.8 Å². The molecule has 0 unspecified atom stereocenters. The second-order valence-corrected chi connectivity index (χ2v) is 7.66. The quantitative estimate of drug-likeness (QED) is 0.669. The SMILES string of the molecule is CN1CCc2cc(C(=O)Nc3ccc(SC(F)(F)F)cc3)cc(Br)c21. The molecule has 25 heavy (non-hydrogen) atoms. The van der Waals surface area contributed by atoms with Crippen molar-refractivity contribution in [1.82, 2.24) is 0 Å². The lowest BCUT2D eigenvalue weighted by Gasteiger charge is -2.15. The second-order valence-electron chi connectivity index (χ2n) is 5.66. The molecule has 132 valence electrons. The molecule has 2 aromatic carbocycles. The number of amides is 1. The molecular weight excluding hydrogens is 417 g/mol. The number of halogens is 4. The summed E-state index contributed by atoms with van der Waals surface area (Å²) in [6, 6.07) is 9.20. The highest BCUT2D eigenvalue weighted by molar-refractivity contribution is 9.10. The summed E-state index contributed by atoms with van der Waals surface area (Å²) in [5, 5.41) is 2.71. The number of benzene rings is 2. The molecule has 2 aromatic rings. The maximum atomic E-state index is 12.4. The molecule has 0 aliphatic carbocycles. The monoisotopic (exact) mass is 430 g/mol. The number of nitrogens with one attached hydrogen (secondary N) is 1. The summed E-state index contributed by atoms with van der Waals surface area (Å²) in [5.41, 5.74) is -1.18. The fourth-order valence-electron chi connectivity index (χ4n) is 2.75. The molecule has 0 bridgehead atoms. The van der Waals surface area contributed by atoms with Gasteiger partial charge in [-0.15, -0.1) is 0 Å². The Morgan fingerprint density at radius 2 is 1.92 bits per heavy atom. The summed E-state index contributed by atoms with van der Waals surface area (Å²) in [7, 11) is 2.00. The van der Waals surface area contributed by atoms with E-state index in [0.29, 0.717) is 11.3 Å². The molecule has 1 aliphatic heterocycles. The molecule has 3 rings (SSSR count). The van der Waals surface area contributed by atoms with Gasteiger partial charge >= 0.3 is 5.51 Å². The van der Waals surface area contributed by atoms with Gasteiger partial charge in [-0.25, -0.2) is 0 Å². The lowest BCUT2D eigenvalue weighted by atomic mass is 10.1. The lowest BCUT2D eigenvalue weighted by Crippen LogP contribution is -2.14. The van der Waals surface area contributed by atoms with Crippen molar-refractivity contribution in [3.63, 3.8) is 0 Å². The van der Waals surface area contributed by atoms with Crippen LogP contribution in [-0.4, -0.2) is 25.0 Å². The van der Waals surface area contributed by atoms with Crippen LogP contribution in [0, 0.1) is 0 Å². The molecule has 0 fully saturated rings. The van der Waals surface area contributed by atoms with Crippen molar-refractivity contribution >= 4 is 45.0 Å². The van der Waals surface area contributed by atoms with Crippen LogP contribution >= 0.6 is 27.7 Å². The van der Waals surface area contributed by atoms with Crippen molar-refractivity contribution in [2.45, 2.75) is 16.8 Å². The van der Waals surface area contributed by atoms with Crippen LogP contribution in [0.25, 0.3) is 0 Å². The third-order valence-corrected chi connectivity index (χ3v) is 5.19. The van der Waals surface area contributed by atoms with E-state index in [9.17, 15) is 18.0 Å². The highest BCUT2D eigenvalue weighted by Crippen LogP contribution is 2.37. The summed E-state index contributed by atoms with van der Waals surface area (Å²) in [5.74, 6) is -0.297. The smallest absolute Gasteiger partial charge is 0.373 e. The number of likely N-dealkylation sites (N-methyl/N-ethyl adjacent to an activating group) is 1. The van der Waals surface area contributed by atoms with Crippen molar-refractivity contribution in [3.8, 4) is 0 Å². The number of hydrogen-bond donors (Lipinski definition) is 1. The summed E-state index contributed by atoms with van der Waals surface area (Å²) < 4.78 is 37.9. The van der Waals surface area contributed by atoms with Gasteiger partial charge in [-0.05, 0) is 76.1 Å². The molecule has 8 heteroatoms. The van der Waals surface area contributed by atoms with Gasteiger partial charge in [-0.3, -0.25) is 4.79 Å². The Balaban J connectivity index is 1.74. The highest BCUT2D eigenvalue weighted by atomic mass is 79.9. The normalized spacial score (nSPS) is 13.7. The number of rotatable bonds is 3. The standard InChI is InChI=1S/C17H14BrF3N2OS/c1-23-7-6-10-8-11(9-14(18)15(10)23)16(24)22-12-2-4-13(5-3-12)25-17(19,20)21/h2-5,8-9H,6-7H2,1H3,(H,22,24). The van der Waals surface area contributed by atoms with Crippen molar-refractivity contribution in [2.75, 3.05) is 23.8 Å². The fourth-order valence-corrected chi connectivity index (χ4v) is 4.09.